The second-order valence-electron chi connectivity index (χ2n) is 3.16. The molecule has 1 aromatic carbocycles. The predicted molar refractivity (Wildman–Crippen MR) is 51.0 cm³/mol. The van der Waals surface area contributed by atoms with Crippen molar-refractivity contribution in [1.82, 2.24) is 0 Å². The summed E-state index contributed by atoms with van der Waals surface area (Å²) in [5.41, 5.74) is 2.25. The highest BCUT2D eigenvalue weighted by Crippen LogP contribution is 2.20. The van der Waals surface area contributed by atoms with Crippen molar-refractivity contribution >= 4 is 0 Å². The van der Waals surface area contributed by atoms with Crippen molar-refractivity contribution < 1.29 is 5.11 Å². The van der Waals surface area contributed by atoms with E-state index in [0.29, 0.717) is 0 Å². The lowest BCUT2D eigenvalue weighted by molar-refractivity contribution is 0.166. The summed E-state index contributed by atoms with van der Waals surface area (Å²) in [7, 11) is 0. The fourth-order valence-electron chi connectivity index (χ4n) is 1.39. The van der Waals surface area contributed by atoms with E-state index in [4.69, 9.17) is 0 Å². The first kappa shape index (κ1) is 9.27. The van der Waals surface area contributed by atoms with Gasteiger partial charge in [0.1, 0.15) is 0 Å². The van der Waals surface area contributed by atoms with Crippen molar-refractivity contribution in [3.8, 4) is 0 Å². The minimum Gasteiger partial charge on any atom is -0.388 e. The van der Waals surface area contributed by atoms with Crippen LogP contribution in [0.3, 0.4) is 0 Å². The van der Waals surface area contributed by atoms with Crippen molar-refractivity contribution in [2.24, 2.45) is 0 Å². The normalized spacial score (nSPS) is 12.9. The zero-order valence-electron chi connectivity index (χ0n) is 7.75. The van der Waals surface area contributed by atoms with Gasteiger partial charge in [-0.2, -0.15) is 0 Å². The first-order valence-corrected chi connectivity index (χ1v) is 4.49. The molecule has 0 saturated carbocycles. The van der Waals surface area contributed by atoms with Gasteiger partial charge < -0.3 is 5.11 Å². The molecule has 0 bridgehead atoms. The minimum atomic E-state index is -0.281. The summed E-state index contributed by atoms with van der Waals surface area (Å²) in [6.45, 7) is 4.12. The van der Waals surface area contributed by atoms with Crippen LogP contribution in [0.25, 0.3) is 0 Å². The van der Waals surface area contributed by atoms with Crippen LogP contribution in [0.2, 0.25) is 0 Å². The van der Waals surface area contributed by atoms with Gasteiger partial charge in [-0.15, -0.1) is 0 Å². The van der Waals surface area contributed by atoms with E-state index in [-0.39, 0.29) is 6.10 Å². The number of rotatable bonds is 3. The summed E-state index contributed by atoms with van der Waals surface area (Å²) in [6, 6.07) is 8.00. The fraction of sp³-hybridized carbons (Fsp3) is 0.455. The maximum absolute atomic E-state index is 9.70. The lowest BCUT2D eigenvalue weighted by Crippen LogP contribution is -1.98. The molecule has 0 amide bonds. The molecular weight excluding hydrogens is 148 g/mol. The van der Waals surface area contributed by atoms with Crippen LogP contribution in [0.1, 0.15) is 37.0 Å². The van der Waals surface area contributed by atoms with Gasteiger partial charge in [0, 0.05) is 0 Å². The molecule has 0 spiro atoms. The van der Waals surface area contributed by atoms with Crippen LogP contribution in [-0.4, -0.2) is 5.11 Å². The number of hydrogen-bond donors (Lipinski definition) is 1. The molecule has 66 valence electrons. The first-order chi connectivity index (χ1) is 5.75. The van der Waals surface area contributed by atoms with Crippen molar-refractivity contribution in [2.45, 2.75) is 32.8 Å². The summed E-state index contributed by atoms with van der Waals surface area (Å²) in [4.78, 5) is 0. The topological polar surface area (TPSA) is 20.2 Å². The number of benzene rings is 1. The van der Waals surface area contributed by atoms with Crippen molar-refractivity contribution in [2.75, 3.05) is 0 Å². The Kier molecular flexibility index (Phi) is 3.30. The summed E-state index contributed by atoms with van der Waals surface area (Å²) >= 11 is 0. The average Bonchev–Trinajstić information content (AvgIpc) is 2.05. The van der Waals surface area contributed by atoms with E-state index in [2.05, 4.69) is 6.92 Å². The molecule has 1 nitrogen and oxygen atoms in total. The standard InChI is InChI=1S/C11H16O/c1-3-6-11(12)10-8-5-4-7-9(10)2/h4-5,7-8,11-12H,3,6H2,1-2H3. The monoisotopic (exact) mass is 164 g/mol. The van der Waals surface area contributed by atoms with Gasteiger partial charge in [-0.25, -0.2) is 0 Å². The van der Waals surface area contributed by atoms with Gasteiger partial charge >= 0.3 is 0 Å². The molecule has 1 aromatic rings. The molecule has 1 N–H and O–H groups in total. The molecular formula is C11H16O. The molecule has 1 unspecified atom stereocenters. The second-order valence-corrected chi connectivity index (χ2v) is 3.16. The number of hydrogen-bond acceptors (Lipinski definition) is 1. The van der Waals surface area contributed by atoms with Crippen molar-refractivity contribution in [1.29, 1.82) is 0 Å². The van der Waals surface area contributed by atoms with E-state index in [1.54, 1.807) is 0 Å². The first-order valence-electron chi connectivity index (χ1n) is 4.49. The Morgan fingerprint density at radius 3 is 2.58 bits per heavy atom. The molecule has 0 saturated heterocycles. The Morgan fingerprint density at radius 1 is 1.33 bits per heavy atom. The molecule has 0 aliphatic rings. The van der Waals surface area contributed by atoms with E-state index < -0.39 is 0 Å². The van der Waals surface area contributed by atoms with Crippen molar-refractivity contribution in [3.05, 3.63) is 35.4 Å². The van der Waals surface area contributed by atoms with Crippen LogP contribution in [-0.2, 0) is 0 Å². The molecule has 0 heterocycles. The van der Waals surface area contributed by atoms with Gasteiger partial charge in [-0.1, -0.05) is 37.6 Å². The molecule has 0 aromatic heterocycles. The maximum atomic E-state index is 9.70. The summed E-state index contributed by atoms with van der Waals surface area (Å²) < 4.78 is 0. The van der Waals surface area contributed by atoms with E-state index in [1.165, 1.54) is 5.56 Å². The van der Waals surface area contributed by atoms with E-state index in [9.17, 15) is 5.11 Å². The predicted octanol–water partition coefficient (Wildman–Crippen LogP) is 2.83. The van der Waals surface area contributed by atoms with E-state index in [0.717, 1.165) is 18.4 Å². The molecule has 0 radical (unpaired) electrons. The SMILES string of the molecule is CCCC(O)c1ccccc1C. The van der Waals surface area contributed by atoms with Gasteiger partial charge in [0.05, 0.1) is 6.10 Å². The lowest BCUT2D eigenvalue weighted by Gasteiger charge is -2.11. The van der Waals surface area contributed by atoms with Gasteiger partial charge in [-0.3, -0.25) is 0 Å². The van der Waals surface area contributed by atoms with Gasteiger partial charge in [0.2, 0.25) is 0 Å². The highest BCUT2D eigenvalue weighted by atomic mass is 16.3. The molecule has 0 aliphatic heterocycles. The highest BCUT2D eigenvalue weighted by Gasteiger charge is 2.07. The number of aliphatic hydroxyl groups is 1. The zero-order chi connectivity index (χ0) is 8.97. The minimum absolute atomic E-state index is 0.281. The van der Waals surface area contributed by atoms with Crippen LogP contribution in [0.5, 0.6) is 0 Å². The van der Waals surface area contributed by atoms with Gasteiger partial charge in [0.15, 0.2) is 0 Å². The van der Waals surface area contributed by atoms with Crippen LogP contribution in [0.15, 0.2) is 24.3 Å². The highest BCUT2D eigenvalue weighted by molar-refractivity contribution is 5.27. The number of aliphatic hydroxyl groups excluding tert-OH is 1. The molecule has 1 heteroatoms. The third kappa shape index (κ3) is 2.08. The summed E-state index contributed by atoms with van der Waals surface area (Å²) in [5, 5.41) is 9.70. The Bertz CT molecular complexity index is 243. The molecule has 0 fully saturated rings. The summed E-state index contributed by atoms with van der Waals surface area (Å²) in [5.74, 6) is 0. The van der Waals surface area contributed by atoms with E-state index in [1.807, 2.05) is 31.2 Å². The van der Waals surface area contributed by atoms with Crippen LogP contribution in [0, 0.1) is 6.92 Å². The Labute approximate surface area is 74.1 Å². The van der Waals surface area contributed by atoms with E-state index >= 15 is 0 Å². The summed E-state index contributed by atoms with van der Waals surface area (Å²) in [6.07, 6.45) is 1.59. The number of aryl methyl sites for hydroxylation is 1. The van der Waals surface area contributed by atoms with Gasteiger partial charge in [0.25, 0.3) is 0 Å². The second kappa shape index (κ2) is 4.27. The maximum Gasteiger partial charge on any atom is 0.0792 e. The smallest absolute Gasteiger partial charge is 0.0792 e. The Hall–Kier alpha value is -0.820. The molecule has 0 aliphatic carbocycles. The average molecular weight is 164 g/mol. The van der Waals surface area contributed by atoms with Crippen LogP contribution < -0.4 is 0 Å². The Morgan fingerprint density at radius 2 is 2.00 bits per heavy atom. The third-order valence-corrected chi connectivity index (χ3v) is 2.11. The van der Waals surface area contributed by atoms with Gasteiger partial charge in [-0.05, 0) is 24.5 Å². The Balaban J connectivity index is 2.79. The fourth-order valence-corrected chi connectivity index (χ4v) is 1.39. The van der Waals surface area contributed by atoms with Crippen molar-refractivity contribution in [3.63, 3.8) is 0 Å². The third-order valence-electron chi connectivity index (χ3n) is 2.11. The lowest BCUT2D eigenvalue weighted by atomic mass is 10.0. The largest absolute Gasteiger partial charge is 0.388 e. The van der Waals surface area contributed by atoms with Crippen LogP contribution in [0.4, 0.5) is 0 Å². The zero-order valence-corrected chi connectivity index (χ0v) is 7.75. The quantitative estimate of drug-likeness (QED) is 0.728. The molecule has 12 heavy (non-hydrogen) atoms. The molecule has 1 rings (SSSR count). The van der Waals surface area contributed by atoms with Crippen LogP contribution >= 0.6 is 0 Å². The molecule has 1 atom stereocenters.